The van der Waals surface area contributed by atoms with Crippen molar-refractivity contribution in [3.05, 3.63) is 0 Å². The first-order valence-corrected chi connectivity index (χ1v) is 8.33. The van der Waals surface area contributed by atoms with Gasteiger partial charge >= 0.3 is 0 Å². The van der Waals surface area contributed by atoms with Crippen molar-refractivity contribution in [1.29, 1.82) is 5.26 Å². The molecule has 4 aliphatic rings. The standard InChI is InChI=1S/C16H25NS/c1-10(2)12-5-13-15(3)6-11(12)7-16(13,4)14(8-15)18-9-17/h10-14H,5-8H2,1-4H3/t11?,12?,13?,14-,15?,16?/m1/s1. The zero-order chi connectivity index (χ0) is 13.1. The van der Waals surface area contributed by atoms with Crippen LogP contribution in [0.4, 0.5) is 0 Å². The smallest absolute Gasteiger partial charge is 0.133 e. The van der Waals surface area contributed by atoms with Crippen molar-refractivity contribution in [2.45, 2.75) is 58.6 Å². The van der Waals surface area contributed by atoms with E-state index in [0.717, 1.165) is 23.7 Å². The minimum absolute atomic E-state index is 0.448. The Kier molecular flexibility index (Phi) is 2.80. The van der Waals surface area contributed by atoms with Crippen LogP contribution in [0, 0.1) is 45.2 Å². The number of nitriles is 1. The van der Waals surface area contributed by atoms with Crippen molar-refractivity contribution < 1.29 is 0 Å². The average Bonchev–Trinajstić information content (AvgIpc) is 2.41. The van der Waals surface area contributed by atoms with Crippen molar-refractivity contribution >= 4 is 11.8 Å². The first-order valence-electron chi connectivity index (χ1n) is 7.45. The molecule has 4 fully saturated rings. The number of hydrogen-bond donors (Lipinski definition) is 0. The van der Waals surface area contributed by atoms with Crippen molar-refractivity contribution in [2.24, 2.45) is 34.5 Å². The predicted molar refractivity (Wildman–Crippen MR) is 77.0 cm³/mol. The molecule has 0 N–H and O–H groups in total. The molecule has 6 atom stereocenters. The largest absolute Gasteiger partial charge is 0.185 e. The molecule has 0 amide bonds. The average molecular weight is 263 g/mol. The third-order valence-corrected chi connectivity index (χ3v) is 7.71. The summed E-state index contributed by atoms with van der Waals surface area (Å²) in [5.74, 6) is 3.58. The molecule has 100 valence electrons. The highest BCUT2D eigenvalue weighted by molar-refractivity contribution is 8.04. The molecule has 0 spiro atoms. The predicted octanol–water partition coefficient (Wildman–Crippen LogP) is 4.69. The van der Waals surface area contributed by atoms with Crippen molar-refractivity contribution in [3.63, 3.8) is 0 Å². The Morgan fingerprint density at radius 2 is 1.94 bits per heavy atom. The van der Waals surface area contributed by atoms with Gasteiger partial charge in [0.05, 0.1) is 0 Å². The van der Waals surface area contributed by atoms with Crippen molar-refractivity contribution in [2.75, 3.05) is 0 Å². The summed E-state index contributed by atoms with van der Waals surface area (Å²) in [6.45, 7) is 9.80. The van der Waals surface area contributed by atoms with Gasteiger partial charge in [-0.3, -0.25) is 0 Å². The lowest BCUT2D eigenvalue weighted by Gasteiger charge is -2.58. The summed E-state index contributed by atoms with van der Waals surface area (Å²) in [4.78, 5) is 0. The molecule has 4 rings (SSSR count). The van der Waals surface area contributed by atoms with E-state index >= 15 is 0 Å². The summed E-state index contributed by atoms with van der Waals surface area (Å²) in [6, 6.07) is 0. The quantitative estimate of drug-likeness (QED) is 0.675. The summed E-state index contributed by atoms with van der Waals surface area (Å²) < 4.78 is 0. The maximum absolute atomic E-state index is 9.07. The molecule has 0 heterocycles. The first kappa shape index (κ1) is 12.9. The van der Waals surface area contributed by atoms with Crippen LogP contribution in [0.25, 0.3) is 0 Å². The van der Waals surface area contributed by atoms with Gasteiger partial charge in [0.25, 0.3) is 0 Å². The van der Waals surface area contributed by atoms with Crippen LogP contribution in [0.2, 0.25) is 0 Å². The Morgan fingerprint density at radius 3 is 2.50 bits per heavy atom. The highest BCUT2D eigenvalue weighted by Crippen LogP contribution is 2.72. The van der Waals surface area contributed by atoms with E-state index < -0.39 is 0 Å². The van der Waals surface area contributed by atoms with Crippen LogP contribution in [0.15, 0.2) is 0 Å². The molecule has 18 heavy (non-hydrogen) atoms. The SMILES string of the molecule is CC(C)C1CC2C3(C)CC1CC2(C)[C@H](SC#N)C3. The fraction of sp³-hybridized carbons (Fsp3) is 0.938. The summed E-state index contributed by atoms with van der Waals surface area (Å²) in [7, 11) is 0. The van der Waals surface area contributed by atoms with Crippen LogP contribution < -0.4 is 0 Å². The Balaban J connectivity index is 1.93. The lowest BCUT2D eigenvalue weighted by Crippen LogP contribution is -2.51. The molecule has 4 aliphatic carbocycles. The van der Waals surface area contributed by atoms with Crippen LogP contribution >= 0.6 is 11.8 Å². The van der Waals surface area contributed by atoms with Crippen LogP contribution in [-0.2, 0) is 0 Å². The van der Waals surface area contributed by atoms with E-state index in [4.69, 9.17) is 5.26 Å². The highest BCUT2D eigenvalue weighted by Gasteiger charge is 2.66. The third kappa shape index (κ3) is 1.52. The highest BCUT2D eigenvalue weighted by atomic mass is 32.2. The van der Waals surface area contributed by atoms with Gasteiger partial charge in [0.2, 0.25) is 0 Å². The van der Waals surface area contributed by atoms with E-state index in [-0.39, 0.29) is 0 Å². The van der Waals surface area contributed by atoms with E-state index in [9.17, 15) is 0 Å². The molecule has 1 nitrogen and oxygen atoms in total. The van der Waals surface area contributed by atoms with Gasteiger partial charge in [-0.05, 0) is 71.9 Å². The third-order valence-electron chi connectivity index (χ3n) is 6.62. The van der Waals surface area contributed by atoms with Crippen LogP contribution in [-0.4, -0.2) is 5.25 Å². The van der Waals surface area contributed by atoms with Crippen LogP contribution in [0.3, 0.4) is 0 Å². The number of fused-ring (bicyclic) bond motifs is 1. The summed E-state index contributed by atoms with van der Waals surface area (Å²) in [5.41, 5.74) is 0.987. The van der Waals surface area contributed by atoms with Gasteiger partial charge in [-0.25, -0.2) is 0 Å². The maximum atomic E-state index is 9.07. The first-order chi connectivity index (χ1) is 8.40. The van der Waals surface area contributed by atoms with E-state index in [1.165, 1.54) is 25.7 Å². The van der Waals surface area contributed by atoms with Gasteiger partial charge in [-0.15, -0.1) is 0 Å². The molecule has 5 unspecified atom stereocenters. The second-order valence-electron chi connectivity index (χ2n) is 7.93. The van der Waals surface area contributed by atoms with E-state index in [1.54, 1.807) is 11.8 Å². The summed E-state index contributed by atoms with van der Waals surface area (Å²) in [5, 5.41) is 12.0. The Hall–Kier alpha value is -0.160. The molecular formula is C16H25NS. The fourth-order valence-electron chi connectivity index (χ4n) is 5.93. The fourth-order valence-corrected chi connectivity index (χ4v) is 7.05. The topological polar surface area (TPSA) is 23.8 Å². The number of hydrogen-bond acceptors (Lipinski definition) is 2. The molecule has 0 aliphatic heterocycles. The zero-order valence-electron chi connectivity index (χ0n) is 12.1. The molecule has 0 radical (unpaired) electrons. The Labute approximate surface area is 116 Å². The molecular weight excluding hydrogens is 238 g/mol. The lowest BCUT2D eigenvalue weighted by molar-refractivity contribution is -0.0816. The Morgan fingerprint density at radius 1 is 1.22 bits per heavy atom. The lowest BCUT2D eigenvalue weighted by atomic mass is 9.47. The molecule has 2 heteroatoms. The Bertz CT molecular complexity index is 398. The molecule has 0 aromatic rings. The summed E-state index contributed by atoms with van der Waals surface area (Å²) >= 11 is 1.57. The molecule has 4 bridgehead atoms. The second-order valence-corrected chi connectivity index (χ2v) is 8.91. The molecule has 0 saturated heterocycles. The molecule has 4 saturated carbocycles. The molecule has 0 aromatic heterocycles. The van der Waals surface area contributed by atoms with E-state index in [2.05, 4.69) is 33.1 Å². The number of thioether (sulfide) groups is 1. The van der Waals surface area contributed by atoms with Crippen molar-refractivity contribution in [1.82, 2.24) is 0 Å². The van der Waals surface area contributed by atoms with E-state index in [1.807, 2.05) is 0 Å². The maximum Gasteiger partial charge on any atom is 0.133 e. The number of thiocyanates is 1. The van der Waals surface area contributed by atoms with Gasteiger partial charge in [0.1, 0.15) is 5.40 Å². The van der Waals surface area contributed by atoms with Crippen molar-refractivity contribution in [3.8, 4) is 5.40 Å². The minimum atomic E-state index is 0.448. The number of rotatable bonds is 2. The van der Waals surface area contributed by atoms with Crippen LogP contribution in [0.5, 0.6) is 0 Å². The zero-order valence-corrected chi connectivity index (χ0v) is 12.9. The van der Waals surface area contributed by atoms with Gasteiger partial charge in [-0.2, -0.15) is 5.26 Å². The normalized spacial score (nSPS) is 53.8. The molecule has 0 aromatic carbocycles. The second kappa shape index (κ2) is 3.92. The van der Waals surface area contributed by atoms with Gasteiger partial charge in [0, 0.05) is 5.25 Å². The monoisotopic (exact) mass is 263 g/mol. The number of nitrogens with zero attached hydrogens (tertiary/aromatic N) is 1. The van der Waals surface area contributed by atoms with Gasteiger partial charge in [-0.1, -0.05) is 27.7 Å². The van der Waals surface area contributed by atoms with E-state index in [0.29, 0.717) is 16.1 Å². The van der Waals surface area contributed by atoms with Gasteiger partial charge in [0.15, 0.2) is 0 Å². The minimum Gasteiger partial charge on any atom is -0.185 e. The van der Waals surface area contributed by atoms with Gasteiger partial charge < -0.3 is 0 Å². The summed E-state index contributed by atoms with van der Waals surface area (Å²) in [6.07, 6.45) is 5.53. The van der Waals surface area contributed by atoms with Crippen LogP contribution in [0.1, 0.15) is 53.4 Å².